The topological polar surface area (TPSA) is 91.4 Å². The predicted molar refractivity (Wildman–Crippen MR) is 176 cm³/mol. The van der Waals surface area contributed by atoms with Gasteiger partial charge in [-0.05, 0) is 67.6 Å². The summed E-state index contributed by atoms with van der Waals surface area (Å²) in [4.78, 5) is 45.9. The Balaban J connectivity index is 1.13. The number of ether oxygens (including phenoxy) is 2. The number of hydrogen-bond donors (Lipinski definition) is 1. The van der Waals surface area contributed by atoms with Crippen LogP contribution < -0.4 is 14.8 Å². The number of nitrogens with one attached hydrogen (secondary N) is 1. The normalized spacial score (nSPS) is 21.3. The summed E-state index contributed by atoms with van der Waals surface area (Å²) in [6.07, 6.45) is 6.03. The number of amides is 4. The highest BCUT2D eigenvalue weighted by Crippen LogP contribution is 2.35. The van der Waals surface area contributed by atoms with Gasteiger partial charge in [-0.15, -0.1) is 0 Å². The van der Waals surface area contributed by atoms with Crippen LogP contribution in [0.3, 0.4) is 0 Å². The molecule has 3 unspecified atom stereocenters. The highest BCUT2D eigenvalue weighted by atomic mass is 16.5. The van der Waals surface area contributed by atoms with Gasteiger partial charge in [0, 0.05) is 37.8 Å². The van der Waals surface area contributed by atoms with Gasteiger partial charge in [-0.3, -0.25) is 14.5 Å². The molecule has 9 heteroatoms. The van der Waals surface area contributed by atoms with Crippen molar-refractivity contribution in [3.05, 3.63) is 95.6 Å². The SMILES string of the molecule is COc1ccccc1CC1C(=O)N(C(=O)NC(C)c2ccccc2)C1Oc1ccc(C(=O)N2CCN(C3CCCCC3)CC2)cc1. The molecular formula is C37H44N4O5. The minimum absolute atomic E-state index is 0.0126. The number of piperazine rings is 1. The van der Waals surface area contributed by atoms with E-state index in [0.717, 1.165) is 42.2 Å². The van der Waals surface area contributed by atoms with Crippen LogP contribution in [0.25, 0.3) is 0 Å². The Labute approximate surface area is 271 Å². The van der Waals surface area contributed by atoms with Crippen LogP contribution in [0.4, 0.5) is 4.79 Å². The summed E-state index contributed by atoms with van der Waals surface area (Å²) in [5.74, 6) is 0.273. The van der Waals surface area contributed by atoms with Crippen molar-refractivity contribution >= 4 is 17.8 Å². The lowest BCUT2D eigenvalue weighted by Crippen LogP contribution is -2.68. The molecule has 4 amide bonds. The molecule has 9 nitrogen and oxygen atoms in total. The van der Waals surface area contributed by atoms with Gasteiger partial charge in [-0.25, -0.2) is 9.69 Å². The number of hydrogen-bond acceptors (Lipinski definition) is 6. The molecule has 0 aromatic heterocycles. The fraction of sp³-hybridized carbons (Fsp3) is 0.432. The number of imide groups is 1. The Morgan fingerprint density at radius 2 is 1.54 bits per heavy atom. The second-order valence-corrected chi connectivity index (χ2v) is 12.6. The highest BCUT2D eigenvalue weighted by Gasteiger charge is 2.53. The van der Waals surface area contributed by atoms with Crippen molar-refractivity contribution in [2.45, 2.75) is 63.8 Å². The lowest BCUT2D eigenvalue weighted by molar-refractivity contribution is -0.166. The molecule has 1 aliphatic carbocycles. The minimum Gasteiger partial charge on any atom is -0.496 e. The maximum absolute atomic E-state index is 13.5. The molecule has 3 aliphatic rings. The van der Waals surface area contributed by atoms with Gasteiger partial charge >= 0.3 is 6.03 Å². The molecule has 3 aromatic carbocycles. The van der Waals surface area contributed by atoms with Crippen molar-refractivity contribution in [2.75, 3.05) is 33.3 Å². The lowest BCUT2D eigenvalue weighted by atomic mass is 9.88. The second kappa shape index (κ2) is 14.4. The molecule has 1 N–H and O–H groups in total. The second-order valence-electron chi connectivity index (χ2n) is 12.6. The maximum atomic E-state index is 13.5. The number of methoxy groups -OCH3 is 1. The number of para-hydroxylation sites is 1. The van der Waals surface area contributed by atoms with E-state index in [1.807, 2.05) is 66.4 Å². The fourth-order valence-corrected chi connectivity index (χ4v) is 6.99. The zero-order valence-corrected chi connectivity index (χ0v) is 26.8. The van der Waals surface area contributed by atoms with Crippen molar-refractivity contribution in [3.8, 4) is 11.5 Å². The van der Waals surface area contributed by atoms with Crippen LogP contribution in [0, 0.1) is 5.92 Å². The number of carbonyl (C=O) groups is 3. The van der Waals surface area contributed by atoms with Crippen LogP contribution in [0.15, 0.2) is 78.9 Å². The largest absolute Gasteiger partial charge is 0.496 e. The maximum Gasteiger partial charge on any atom is 0.327 e. The summed E-state index contributed by atoms with van der Waals surface area (Å²) in [5, 5.41) is 2.94. The zero-order valence-electron chi connectivity index (χ0n) is 26.8. The highest BCUT2D eigenvalue weighted by molar-refractivity contribution is 6.01. The smallest absolute Gasteiger partial charge is 0.327 e. The number of β-lactam (4-membered cyclic amide) rings is 1. The first-order valence-corrected chi connectivity index (χ1v) is 16.5. The lowest BCUT2D eigenvalue weighted by Gasteiger charge is -2.45. The molecule has 2 saturated heterocycles. The van der Waals surface area contributed by atoms with Crippen molar-refractivity contribution in [2.24, 2.45) is 5.92 Å². The number of urea groups is 1. The van der Waals surface area contributed by atoms with Crippen molar-refractivity contribution in [3.63, 3.8) is 0 Å². The fourth-order valence-electron chi connectivity index (χ4n) is 6.99. The van der Waals surface area contributed by atoms with Crippen molar-refractivity contribution in [1.29, 1.82) is 0 Å². The van der Waals surface area contributed by atoms with Gasteiger partial charge in [0.05, 0.1) is 19.1 Å². The Morgan fingerprint density at radius 3 is 2.24 bits per heavy atom. The summed E-state index contributed by atoms with van der Waals surface area (Å²) >= 11 is 0. The number of nitrogens with zero attached hydrogens (tertiary/aromatic N) is 3. The zero-order chi connectivity index (χ0) is 32.0. The molecule has 242 valence electrons. The molecule has 0 bridgehead atoms. The Bertz CT molecular complexity index is 1500. The van der Waals surface area contributed by atoms with E-state index in [2.05, 4.69) is 10.2 Å². The van der Waals surface area contributed by atoms with Crippen LogP contribution in [0.1, 0.15) is 66.6 Å². The van der Waals surface area contributed by atoms with Crippen LogP contribution >= 0.6 is 0 Å². The third-order valence-electron chi connectivity index (χ3n) is 9.69. The van der Waals surface area contributed by atoms with Gasteiger partial charge in [-0.1, -0.05) is 67.8 Å². The Kier molecular flexibility index (Phi) is 9.88. The van der Waals surface area contributed by atoms with E-state index in [4.69, 9.17) is 9.47 Å². The number of carbonyl (C=O) groups excluding carboxylic acids is 3. The van der Waals surface area contributed by atoms with E-state index in [1.54, 1.807) is 31.4 Å². The van der Waals surface area contributed by atoms with E-state index in [9.17, 15) is 14.4 Å². The minimum atomic E-state index is -0.824. The van der Waals surface area contributed by atoms with E-state index >= 15 is 0 Å². The molecule has 46 heavy (non-hydrogen) atoms. The summed E-state index contributed by atoms with van der Waals surface area (Å²) < 4.78 is 11.9. The molecule has 2 aliphatic heterocycles. The third kappa shape index (κ3) is 6.89. The number of benzene rings is 3. The van der Waals surface area contributed by atoms with Gasteiger partial charge in [0.25, 0.3) is 5.91 Å². The van der Waals surface area contributed by atoms with Gasteiger partial charge in [-0.2, -0.15) is 0 Å². The molecule has 1 saturated carbocycles. The summed E-state index contributed by atoms with van der Waals surface area (Å²) in [6, 6.07) is 24.0. The average molecular weight is 625 g/mol. The van der Waals surface area contributed by atoms with E-state index in [1.165, 1.54) is 32.1 Å². The summed E-state index contributed by atoms with van der Waals surface area (Å²) in [6.45, 7) is 5.18. The molecule has 3 atom stereocenters. The molecule has 3 fully saturated rings. The monoisotopic (exact) mass is 624 g/mol. The standard InChI is InChI=1S/C37H44N4O5/c1-26(27-11-5-3-6-12-27)38-37(44)41-35(43)32(25-29-13-9-10-16-33(29)45-2)36(41)46-31-19-17-28(18-20-31)34(42)40-23-21-39(22-24-40)30-14-7-4-8-15-30/h3,5-6,9-13,16-20,26,30,32,36H,4,7-8,14-15,21-25H2,1-2H3,(H,38,44). The predicted octanol–water partition coefficient (Wildman–Crippen LogP) is 5.66. The summed E-state index contributed by atoms with van der Waals surface area (Å²) in [5.41, 5.74) is 2.39. The quantitative estimate of drug-likeness (QED) is 0.309. The van der Waals surface area contributed by atoms with Crippen LogP contribution in [-0.2, 0) is 11.2 Å². The third-order valence-corrected chi connectivity index (χ3v) is 9.69. The van der Waals surface area contributed by atoms with Gasteiger partial charge < -0.3 is 19.7 Å². The molecule has 0 spiro atoms. The van der Waals surface area contributed by atoms with Crippen molar-refractivity contribution < 1.29 is 23.9 Å². The van der Waals surface area contributed by atoms with Crippen LogP contribution in [-0.4, -0.2) is 78.1 Å². The van der Waals surface area contributed by atoms with Gasteiger partial charge in [0.2, 0.25) is 5.91 Å². The first kappa shape index (κ1) is 31.6. The first-order valence-electron chi connectivity index (χ1n) is 16.5. The van der Waals surface area contributed by atoms with Crippen molar-refractivity contribution in [1.82, 2.24) is 20.0 Å². The van der Waals surface area contributed by atoms with Gasteiger partial charge in [0.1, 0.15) is 11.5 Å². The summed E-state index contributed by atoms with van der Waals surface area (Å²) in [7, 11) is 1.60. The molecule has 0 radical (unpaired) electrons. The molecule has 6 rings (SSSR count). The molecule has 2 heterocycles. The van der Waals surface area contributed by atoms with E-state index < -0.39 is 18.2 Å². The van der Waals surface area contributed by atoms with Crippen LogP contribution in [0.5, 0.6) is 11.5 Å². The Hall–Kier alpha value is -4.37. The number of likely N-dealkylation sites (tertiary alicyclic amines) is 1. The molecular weight excluding hydrogens is 580 g/mol. The average Bonchev–Trinajstić information content (AvgIpc) is 3.11. The van der Waals surface area contributed by atoms with E-state index in [-0.39, 0.29) is 17.9 Å². The van der Waals surface area contributed by atoms with Crippen LogP contribution in [0.2, 0.25) is 0 Å². The van der Waals surface area contributed by atoms with Gasteiger partial charge in [0.15, 0.2) is 6.23 Å². The Morgan fingerprint density at radius 1 is 0.870 bits per heavy atom. The molecule has 3 aromatic rings. The number of rotatable bonds is 9. The first-order chi connectivity index (χ1) is 22.4. The van der Waals surface area contributed by atoms with E-state index in [0.29, 0.717) is 29.5 Å².